The van der Waals surface area contributed by atoms with Gasteiger partial charge in [-0.05, 0) is 73.3 Å². The summed E-state index contributed by atoms with van der Waals surface area (Å²) in [5.74, 6) is -0.597. The van der Waals surface area contributed by atoms with Crippen LogP contribution < -0.4 is 10.6 Å². The maximum atomic E-state index is 12.3. The molecule has 1 amide bonds. The van der Waals surface area contributed by atoms with E-state index in [-0.39, 0.29) is 5.91 Å². The van der Waals surface area contributed by atoms with Gasteiger partial charge in [0.15, 0.2) is 0 Å². The largest absolute Gasteiger partial charge is 0.478 e. The van der Waals surface area contributed by atoms with E-state index >= 15 is 0 Å². The van der Waals surface area contributed by atoms with E-state index in [1.54, 1.807) is 24.3 Å². The molecule has 3 N–H and O–H groups in total. The lowest BCUT2D eigenvalue weighted by atomic mass is 9.90. The maximum Gasteiger partial charge on any atom is 0.328 e. The quantitative estimate of drug-likeness (QED) is 0.721. The van der Waals surface area contributed by atoms with E-state index < -0.39 is 5.97 Å². The van der Waals surface area contributed by atoms with Crippen LogP contribution in [0.5, 0.6) is 0 Å². The molecule has 1 aliphatic heterocycles. The van der Waals surface area contributed by atoms with Crippen LogP contribution in [0.3, 0.4) is 0 Å². The van der Waals surface area contributed by atoms with Gasteiger partial charge in [0.05, 0.1) is 0 Å². The van der Waals surface area contributed by atoms with Crippen molar-refractivity contribution in [1.82, 2.24) is 5.32 Å². The number of amides is 1. The average Bonchev–Trinajstić information content (AvgIpc) is 2.68. The highest BCUT2D eigenvalue weighted by Gasteiger charge is 2.15. The predicted octanol–water partition coefficient (Wildman–Crippen LogP) is 3.50. The molecule has 3 rings (SSSR count). The smallest absolute Gasteiger partial charge is 0.328 e. The highest BCUT2D eigenvalue weighted by Crippen LogP contribution is 2.26. The molecular weight excluding hydrogens is 328 g/mol. The SMILES string of the molecule is O=C(O)C=Cc1ccc(C(=O)Nc2ccc(C3CCNCC3)cc2)cc1. The molecule has 0 aliphatic carbocycles. The van der Waals surface area contributed by atoms with Crippen molar-refractivity contribution in [2.24, 2.45) is 0 Å². The topological polar surface area (TPSA) is 78.4 Å². The first kappa shape index (κ1) is 17.9. The first-order valence-corrected chi connectivity index (χ1v) is 8.75. The molecule has 5 nitrogen and oxygen atoms in total. The van der Waals surface area contributed by atoms with Crippen LogP contribution in [0.2, 0.25) is 0 Å². The summed E-state index contributed by atoms with van der Waals surface area (Å²) in [6.07, 6.45) is 4.85. The fraction of sp³-hybridized carbons (Fsp3) is 0.238. The number of aliphatic carboxylic acids is 1. The molecule has 1 heterocycles. The van der Waals surface area contributed by atoms with Gasteiger partial charge in [-0.1, -0.05) is 24.3 Å². The van der Waals surface area contributed by atoms with E-state index in [9.17, 15) is 9.59 Å². The molecule has 0 aromatic heterocycles. The third kappa shape index (κ3) is 4.80. The third-order valence-corrected chi connectivity index (χ3v) is 4.57. The van der Waals surface area contributed by atoms with Crippen LogP contribution in [0.25, 0.3) is 6.08 Å². The minimum Gasteiger partial charge on any atom is -0.478 e. The molecule has 0 spiro atoms. The van der Waals surface area contributed by atoms with Gasteiger partial charge in [-0.25, -0.2) is 4.79 Å². The number of nitrogens with one attached hydrogen (secondary N) is 2. The van der Waals surface area contributed by atoms with Crippen LogP contribution in [0.4, 0.5) is 5.69 Å². The number of piperidine rings is 1. The second-order valence-corrected chi connectivity index (χ2v) is 6.39. The lowest BCUT2D eigenvalue weighted by Crippen LogP contribution is -2.26. The van der Waals surface area contributed by atoms with Crippen molar-refractivity contribution in [3.8, 4) is 0 Å². The number of anilines is 1. The molecule has 2 aromatic carbocycles. The van der Waals surface area contributed by atoms with Gasteiger partial charge in [-0.2, -0.15) is 0 Å². The zero-order valence-electron chi connectivity index (χ0n) is 14.4. The molecule has 0 atom stereocenters. The Morgan fingerprint density at radius 1 is 1.00 bits per heavy atom. The van der Waals surface area contributed by atoms with E-state index in [1.165, 1.54) is 11.6 Å². The zero-order valence-corrected chi connectivity index (χ0v) is 14.4. The molecule has 0 saturated carbocycles. The first-order chi connectivity index (χ1) is 12.6. The Morgan fingerprint density at radius 2 is 1.65 bits per heavy atom. The zero-order chi connectivity index (χ0) is 18.4. The number of carbonyl (C=O) groups excluding carboxylic acids is 1. The summed E-state index contributed by atoms with van der Waals surface area (Å²) in [7, 11) is 0. The summed E-state index contributed by atoms with van der Waals surface area (Å²) < 4.78 is 0. The summed E-state index contributed by atoms with van der Waals surface area (Å²) in [5.41, 5.74) is 3.34. The monoisotopic (exact) mass is 350 g/mol. The van der Waals surface area contributed by atoms with Gasteiger partial charge < -0.3 is 15.7 Å². The Labute approximate surface area is 152 Å². The third-order valence-electron chi connectivity index (χ3n) is 4.57. The van der Waals surface area contributed by atoms with E-state index in [2.05, 4.69) is 22.8 Å². The maximum absolute atomic E-state index is 12.3. The van der Waals surface area contributed by atoms with Gasteiger partial charge in [0, 0.05) is 17.3 Å². The molecule has 26 heavy (non-hydrogen) atoms. The van der Waals surface area contributed by atoms with Crippen molar-refractivity contribution in [3.05, 3.63) is 71.3 Å². The van der Waals surface area contributed by atoms with Gasteiger partial charge in [0.2, 0.25) is 0 Å². The van der Waals surface area contributed by atoms with E-state index in [0.717, 1.165) is 43.3 Å². The molecule has 0 unspecified atom stereocenters. The summed E-state index contributed by atoms with van der Waals surface area (Å²) in [5, 5.41) is 14.9. The number of hydrogen-bond donors (Lipinski definition) is 3. The van der Waals surface area contributed by atoms with Gasteiger partial charge >= 0.3 is 5.97 Å². The molecule has 1 aliphatic rings. The molecule has 1 fully saturated rings. The van der Waals surface area contributed by atoms with Crippen LogP contribution in [0, 0.1) is 0 Å². The Balaban J connectivity index is 1.61. The van der Waals surface area contributed by atoms with E-state index in [4.69, 9.17) is 5.11 Å². The molecule has 134 valence electrons. The second-order valence-electron chi connectivity index (χ2n) is 6.39. The van der Waals surface area contributed by atoms with Crippen molar-refractivity contribution in [2.75, 3.05) is 18.4 Å². The summed E-state index contributed by atoms with van der Waals surface area (Å²) >= 11 is 0. The van der Waals surface area contributed by atoms with Gasteiger partial charge in [0.1, 0.15) is 0 Å². The summed E-state index contributed by atoms with van der Waals surface area (Å²) in [4.78, 5) is 22.9. The van der Waals surface area contributed by atoms with Crippen LogP contribution in [0.15, 0.2) is 54.6 Å². The highest BCUT2D eigenvalue weighted by molar-refractivity contribution is 6.04. The fourth-order valence-electron chi connectivity index (χ4n) is 3.11. The molecule has 1 saturated heterocycles. The van der Waals surface area contributed by atoms with Gasteiger partial charge in [0.25, 0.3) is 5.91 Å². The number of carboxylic acids is 1. The lowest BCUT2D eigenvalue weighted by Gasteiger charge is -2.23. The number of hydrogen-bond acceptors (Lipinski definition) is 3. The number of carboxylic acid groups (broad SMARTS) is 1. The number of rotatable bonds is 5. The Bertz CT molecular complexity index is 789. The molecule has 0 radical (unpaired) electrons. The number of benzene rings is 2. The second kappa shape index (κ2) is 8.45. The van der Waals surface area contributed by atoms with Crippen molar-refractivity contribution in [2.45, 2.75) is 18.8 Å². The minimum absolute atomic E-state index is 0.187. The minimum atomic E-state index is -1.00. The summed E-state index contributed by atoms with van der Waals surface area (Å²) in [6.45, 7) is 2.11. The van der Waals surface area contributed by atoms with Crippen LogP contribution >= 0.6 is 0 Å². The first-order valence-electron chi connectivity index (χ1n) is 8.75. The van der Waals surface area contributed by atoms with Crippen LogP contribution in [-0.2, 0) is 4.79 Å². The molecular formula is C21H22N2O3. The van der Waals surface area contributed by atoms with Gasteiger partial charge in [-0.15, -0.1) is 0 Å². The number of carbonyl (C=O) groups is 2. The molecule has 0 bridgehead atoms. The van der Waals surface area contributed by atoms with Crippen molar-refractivity contribution < 1.29 is 14.7 Å². The van der Waals surface area contributed by atoms with Crippen LogP contribution in [-0.4, -0.2) is 30.1 Å². The standard InChI is InChI=1S/C21H22N2O3/c24-20(25)10-3-15-1-4-18(5-2-15)21(26)23-19-8-6-16(7-9-19)17-11-13-22-14-12-17/h1-10,17,22H,11-14H2,(H,23,26)(H,24,25). The van der Waals surface area contributed by atoms with E-state index in [1.807, 2.05) is 12.1 Å². The summed E-state index contributed by atoms with van der Waals surface area (Å²) in [6, 6.07) is 14.9. The Morgan fingerprint density at radius 3 is 2.27 bits per heavy atom. The van der Waals surface area contributed by atoms with Crippen molar-refractivity contribution in [3.63, 3.8) is 0 Å². The van der Waals surface area contributed by atoms with Crippen molar-refractivity contribution >= 4 is 23.6 Å². The average molecular weight is 350 g/mol. The van der Waals surface area contributed by atoms with Gasteiger partial charge in [-0.3, -0.25) is 4.79 Å². The van der Waals surface area contributed by atoms with E-state index in [0.29, 0.717) is 11.5 Å². The predicted molar refractivity (Wildman–Crippen MR) is 102 cm³/mol. The normalized spacial score (nSPS) is 15.1. The fourth-order valence-corrected chi connectivity index (χ4v) is 3.11. The highest BCUT2D eigenvalue weighted by atomic mass is 16.4. The molecule has 5 heteroatoms. The molecule has 2 aromatic rings. The van der Waals surface area contributed by atoms with Crippen molar-refractivity contribution in [1.29, 1.82) is 0 Å². The Kier molecular flexibility index (Phi) is 5.81. The Hall–Kier alpha value is -2.92. The van der Waals surface area contributed by atoms with Crippen LogP contribution in [0.1, 0.15) is 40.2 Å². The lowest BCUT2D eigenvalue weighted by molar-refractivity contribution is -0.131.